The third-order valence-electron chi connectivity index (χ3n) is 5.30. The number of unbranched alkanes of at least 4 members (excludes halogenated alkanes) is 1. The van der Waals surface area contributed by atoms with Crippen molar-refractivity contribution in [3.05, 3.63) is 50.3 Å². The smallest absolute Gasteiger partial charge is 0.326 e. The third kappa shape index (κ3) is 7.71. The molecule has 2 atom stereocenters. The molecule has 10 nitrogen and oxygen atoms in total. The van der Waals surface area contributed by atoms with Gasteiger partial charge in [-0.05, 0) is 50.5 Å². The van der Waals surface area contributed by atoms with E-state index < -0.39 is 28.8 Å². The fourth-order valence-electron chi connectivity index (χ4n) is 3.45. The number of aliphatic carboxylic acids is 1. The van der Waals surface area contributed by atoms with Crippen molar-refractivity contribution in [1.82, 2.24) is 10.6 Å². The van der Waals surface area contributed by atoms with Gasteiger partial charge in [-0.15, -0.1) is 5.92 Å². The van der Waals surface area contributed by atoms with Gasteiger partial charge in [-0.25, -0.2) is 4.79 Å². The first kappa shape index (κ1) is 27.1. The molecule has 0 radical (unpaired) electrons. The lowest BCUT2D eigenvalue weighted by Gasteiger charge is -2.15. The summed E-state index contributed by atoms with van der Waals surface area (Å²) in [5, 5.41) is 20.2. The largest absolute Gasteiger partial charge is 0.480 e. The van der Waals surface area contributed by atoms with E-state index in [2.05, 4.69) is 33.1 Å². The van der Waals surface area contributed by atoms with Crippen LogP contribution >= 0.6 is 0 Å². The molecule has 10 heteroatoms. The van der Waals surface area contributed by atoms with Crippen molar-refractivity contribution < 1.29 is 19.5 Å². The van der Waals surface area contributed by atoms with E-state index in [4.69, 9.17) is 0 Å². The average Bonchev–Trinajstić information content (AvgIpc) is 2.82. The number of anilines is 3. The predicted octanol–water partition coefficient (Wildman–Crippen LogP) is 1.59. The lowest BCUT2D eigenvalue weighted by Crippen LogP contribution is -2.40. The lowest BCUT2D eigenvalue weighted by atomic mass is 10.1. The Bertz CT molecular complexity index is 1190. The van der Waals surface area contributed by atoms with E-state index >= 15 is 0 Å². The molecule has 0 aromatic heterocycles. The van der Waals surface area contributed by atoms with Crippen LogP contribution in [0.4, 0.5) is 17.1 Å². The van der Waals surface area contributed by atoms with Crippen LogP contribution in [0.5, 0.6) is 0 Å². The molecule has 0 spiro atoms. The number of benzene rings is 1. The number of nitrogens with one attached hydrogen (secondary N) is 4. The number of carbonyl (C=O) groups is 3. The molecule has 0 aliphatic heterocycles. The Morgan fingerprint density at radius 3 is 2.29 bits per heavy atom. The molecule has 0 saturated carbocycles. The van der Waals surface area contributed by atoms with Gasteiger partial charge in [-0.2, -0.15) is 0 Å². The standard InChI is InChI=1S/C25H30N4O6/c1-4-7-15(2)14-19(30)27-13-6-5-8-18(25(34)35)29-24(33)16-9-11-17(12-10-16)28-21-20(26-3)22(31)23(21)32/h9-12,15,18,26,28H,5-6,8,13-14H2,1-3H3,(H,27,30)(H,29,33)(H,34,35)/t15?,18-/m0/s1. The summed E-state index contributed by atoms with van der Waals surface area (Å²) in [7, 11) is 1.54. The van der Waals surface area contributed by atoms with Crippen molar-refractivity contribution in [3.8, 4) is 11.8 Å². The quantitative estimate of drug-likeness (QED) is 0.164. The molecule has 0 saturated heterocycles. The van der Waals surface area contributed by atoms with Crippen LogP contribution in [0.2, 0.25) is 0 Å². The number of hydrogen-bond acceptors (Lipinski definition) is 7. The number of hydrogen-bond donors (Lipinski definition) is 5. The van der Waals surface area contributed by atoms with E-state index in [-0.39, 0.29) is 35.2 Å². The zero-order chi connectivity index (χ0) is 26.0. The molecular weight excluding hydrogens is 452 g/mol. The Morgan fingerprint density at radius 1 is 1.03 bits per heavy atom. The van der Waals surface area contributed by atoms with Crippen molar-refractivity contribution >= 4 is 34.8 Å². The first-order chi connectivity index (χ1) is 16.7. The zero-order valence-electron chi connectivity index (χ0n) is 20.0. The maximum atomic E-state index is 12.5. The summed E-state index contributed by atoms with van der Waals surface area (Å²) in [4.78, 5) is 59.0. The minimum absolute atomic E-state index is 0.0238. The zero-order valence-corrected chi connectivity index (χ0v) is 20.0. The second kappa shape index (κ2) is 12.9. The SMILES string of the molecule is CC#CC(C)CC(=O)NCCCC[C@H](NC(=O)c1ccc(Nc2c(NC)c(=O)c2=O)cc1)C(=O)O. The normalized spacial score (nSPS) is 12.1. The Hall–Kier alpha value is -4.13. The fourth-order valence-corrected chi connectivity index (χ4v) is 3.45. The second-order valence-corrected chi connectivity index (χ2v) is 8.07. The summed E-state index contributed by atoms with van der Waals surface area (Å²) in [6, 6.07) is 5.01. The highest BCUT2D eigenvalue weighted by molar-refractivity contribution is 5.97. The van der Waals surface area contributed by atoms with Crippen molar-refractivity contribution in [2.45, 2.75) is 45.6 Å². The monoisotopic (exact) mass is 482 g/mol. The predicted molar refractivity (Wildman–Crippen MR) is 134 cm³/mol. The highest BCUT2D eigenvalue weighted by Crippen LogP contribution is 2.20. The van der Waals surface area contributed by atoms with Crippen LogP contribution in [0.15, 0.2) is 33.9 Å². The van der Waals surface area contributed by atoms with E-state index in [1.165, 1.54) is 19.2 Å². The first-order valence-corrected chi connectivity index (χ1v) is 11.3. The van der Waals surface area contributed by atoms with Gasteiger partial charge >= 0.3 is 5.97 Å². The molecule has 2 aromatic carbocycles. The van der Waals surface area contributed by atoms with Gasteiger partial charge in [0.05, 0.1) is 0 Å². The molecule has 186 valence electrons. The second-order valence-electron chi connectivity index (χ2n) is 8.07. The number of rotatable bonds is 13. The van der Waals surface area contributed by atoms with Gasteiger partial charge in [-0.3, -0.25) is 19.2 Å². The van der Waals surface area contributed by atoms with Crippen molar-refractivity contribution in [2.75, 3.05) is 24.2 Å². The Kier molecular flexibility index (Phi) is 10.0. The van der Waals surface area contributed by atoms with Gasteiger partial charge in [0.1, 0.15) is 17.4 Å². The maximum Gasteiger partial charge on any atom is 0.326 e. The van der Waals surface area contributed by atoms with E-state index in [1.807, 2.05) is 6.92 Å². The summed E-state index contributed by atoms with van der Waals surface area (Å²) in [5.74, 6) is 3.86. The molecule has 2 aromatic rings. The Balaban J connectivity index is 1.82. The van der Waals surface area contributed by atoms with E-state index in [1.54, 1.807) is 19.1 Å². The van der Waals surface area contributed by atoms with Crippen molar-refractivity contribution in [1.29, 1.82) is 0 Å². The summed E-state index contributed by atoms with van der Waals surface area (Å²) < 4.78 is 0. The summed E-state index contributed by atoms with van der Waals surface area (Å²) in [6.45, 7) is 4.01. The van der Waals surface area contributed by atoms with Crippen LogP contribution < -0.4 is 32.1 Å². The summed E-state index contributed by atoms with van der Waals surface area (Å²) >= 11 is 0. The molecule has 0 fully saturated rings. The number of amides is 2. The lowest BCUT2D eigenvalue weighted by molar-refractivity contribution is -0.139. The van der Waals surface area contributed by atoms with Gasteiger partial charge in [-0.1, -0.05) is 12.8 Å². The highest BCUT2D eigenvalue weighted by Gasteiger charge is 2.21. The van der Waals surface area contributed by atoms with Crippen LogP contribution in [-0.4, -0.2) is 42.5 Å². The molecule has 0 aliphatic rings. The minimum Gasteiger partial charge on any atom is -0.480 e. The maximum absolute atomic E-state index is 12.5. The van der Waals surface area contributed by atoms with Gasteiger partial charge in [0.25, 0.3) is 16.8 Å². The van der Waals surface area contributed by atoms with E-state index in [0.29, 0.717) is 31.5 Å². The Labute approximate surface area is 203 Å². The molecule has 0 heterocycles. The highest BCUT2D eigenvalue weighted by atomic mass is 16.4. The molecule has 5 N–H and O–H groups in total. The van der Waals surface area contributed by atoms with Crippen LogP contribution in [-0.2, 0) is 9.59 Å². The molecular formula is C25H30N4O6. The first-order valence-electron chi connectivity index (χ1n) is 11.3. The fraction of sp³-hybridized carbons (Fsp3) is 0.400. The Morgan fingerprint density at radius 2 is 1.69 bits per heavy atom. The van der Waals surface area contributed by atoms with Gasteiger partial charge in [0, 0.05) is 37.2 Å². The number of carbonyl (C=O) groups excluding carboxylic acids is 2. The summed E-state index contributed by atoms with van der Waals surface area (Å²) in [5.41, 5.74) is -0.123. The number of carboxylic acid groups (broad SMARTS) is 1. The third-order valence-corrected chi connectivity index (χ3v) is 5.30. The molecule has 2 amide bonds. The molecule has 1 unspecified atom stereocenters. The average molecular weight is 483 g/mol. The van der Waals surface area contributed by atoms with Gasteiger partial charge in [0.15, 0.2) is 0 Å². The molecule has 0 aliphatic carbocycles. The van der Waals surface area contributed by atoms with Crippen molar-refractivity contribution in [2.24, 2.45) is 5.92 Å². The van der Waals surface area contributed by atoms with Crippen molar-refractivity contribution in [3.63, 3.8) is 0 Å². The van der Waals surface area contributed by atoms with Gasteiger partial charge in [0.2, 0.25) is 5.91 Å². The number of carboxylic acids is 1. The van der Waals surface area contributed by atoms with Crippen LogP contribution in [0.25, 0.3) is 0 Å². The van der Waals surface area contributed by atoms with Crippen LogP contribution in [0.1, 0.15) is 49.9 Å². The van der Waals surface area contributed by atoms with Crippen LogP contribution in [0.3, 0.4) is 0 Å². The van der Waals surface area contributed by atoms with E-state index in [0.717, 1.165) is 0 Å². The van der Waals surface area contributed by atoms with Crippen LogP contribution in [0, 0.1) is 17.8 Å². The summed E-state index contributed by atoms with van der Waals surface area (Å²) in [6.07, 6.45) is 1.60. The molecule has 35 heavy (non-hydrogen) atoms. The molecule has 0 bridgehead atoms. The topological polar surface area (TPSA) is 154 Å². The minimum atomic E-state index is -1.15. The molecule has 2 rings (SSSR count). The van der Waals surface area contributed by atoms with E-state index in [9.17, 15) is 29.1 Å². The van der Waals surface area contributed by atoms with Gasteiger partial charge < -0.3 is 26.4 Å².